The zero-order chi connectivity index (χ0) is 21.2. The highest BCUT2D eigenvalue weighted by atomic mass is 16.6. The Labute approximate surface area is 177 Å². The van der Waals surface area contributed by atoms with Gasteiger partial charge in [-0.3, -0.25) is 9.36 Å². The minimum atomic E-state index is -0.543. The Hall–Kier alpha value is -3.81. The molecule has 0 unspecified atom stereocenters. The lowest BCUT2D eigenvalue weighted by Crippen LogP contribution is -2.24. The second-order valence-corrected chi connectivity index (χ2v) is 7.48. The molecule has 8 heteroatoms. The minimum absolute atomic E-state index is 0.0545. The fraction of sp³-hybridized carbons (Fsp3) is 0.261. The Morgan fingerprint density at radius 1 is 1.06 bits per heavy atom. The Morgan fingerprint density at radius 2 is 1.94 bits per heavy atom. The molecule has 3 heterocycles. The molecule has 0 saturated carbocycles. The lowest BCUT2D eigenvalue weighted by Gasteiger charge is -2.10. The van der Waals surface area contributed by atoms with Crippen molar-refractivity contribution in [2.75, 3.05) is 0 Å². The topological polar surface area (TPSA) is 100 Å². The molecule has 2 aromatic carbocycles. The van der Waals surface area contributed by atoms with E-state index in [1.54, 1.807) is 22.8 Å². The molecule has 1 aliphatic rings. The van der Waals surface area contributed by atoms with Gasteiger partial charge in [0.1, 0.15) is 5.82 Å². The predicted molar refractivity (Wildman–Crippen MR) is 112 cm³/mol. The number of benzene rings is 2. The van der Waals surface area contributed by atoms with Crippen molar-refractivity contribution in [2.45, 2.75) is 38.8 Å². The largest absolute Gasteiger partial charge is 0.452 e. The number of rotatable bonds is 4. The molecule has 0 aliphatic carbocycles. The quantitative estimate of drug-likeness (QED) is 0.469. The molecule has 0 atom stereocenters. The predicted octanol–water partition coefficient (Wildman–Crippen LogP) is 3.53. The van der Waals surface area contributed by atoms with Crippen LogP contribution in [0, 0.1) is 0 Å². The average Bonchev–Trinajstić information content (AvgIpc) is 3.15. The van der Waals surface area contributed by atoms with E-state index in [0.29, 0.717) is 28.8 Å². The van der Waals surface area contributed by atoms with Gasteiger partial charge in [0.05, 0.1) is 16.5 Å². The molecule has 4 aromatic rings. The number of aromatic nitrogens is 4. The second kappa shape index (κ2) is 8.14. The van der Waals surface area contributed by atoms with E-state index < -0.39 is 5.97 Å². The summed E-state index contributed by atoms with van der Waals surface area (Å²) >= 11 is 0. The summed E-state index contributed by atoms with van der Waals surface area (Å²) in [7, 11) is 0. The number of nitrogens with zero attached hydrogens (tertiary/aromatic N) is 4. The molecule has 0 N–H and O–H groups in total. The van der Waals surface area contributed by atoms with Crippen LogP contribution in [0.3, 0.4) is 0 Å². The van der Waals surface area contributed by atoms with Crippen LogP contribution in [-0.4, -0.2) is 25.7 Å². The van der Waals surface area contributed by atoms with Crippen molar-refractivity contribution in [3.05, 3.63) is 76.2 Å². The van der Waals surface area contributed by atoms with Crippen LogP contribution < -0.4 is 5.56 Å². The van der Waals surface area contributed by atoms with E-state index >= 15 is 0 Å². The van der Waals surface area contributed by atoms with Gasteiger partial charge in [-0.1, -0.05) is 41.9 Å². The van der Waals surface area contributed by atoms with Gasteiger partial charge in [-0.15, -0.1) is 0 Å². The molecule has 8 nitrogen and oxygen atoms in total. The van der Waals surface area contributed by atoms with E-state index in [2.05, 4.69) is 15.1 Å². The number of carbonyl (C=O) groups is 1. The molecule has 0 fully saturated rings. The first-order chi connectivity index (χ1) is 15.2. The summed E-state index contributed by atoms with van der Waals surface area (Å²) < 4.78 is 12.3. The minimum Gasteiger partial charge on any atom is -0.452 e. The van der Waals surface area contributed by atoms with Crippen LogP contribution in [0.1, 0.15) is 41.3 Å². The summed E-state index contributed by atoms with van der Waals surface area (Å²) in [6, 6.07) is 14.2. The van der Waals surface area contributed by atoms with E-state index in [4.69, 9.17) is 9.26 Å². The molecular formula is C23H20N4O4. The molecule has 0 saturated heterocycles. The number of hydrogen-bond acceptors (Lipinski definition) is 7. The lowest BCUT2D eigenvalue weighted by molar-refractivity contribution is 0.0430. The Bertz CT molecular complexity index is 1310. The zero-order valence-electron chi connectivity index (χ0n) is 16.8. The summed E-state index contributed by atoms with van der Waals surface area (Å²) in [5, 5.41) is 4.42. The maximum atomic E-state index is 12.8. The van der Waals surface area contributed by atoms with Crippen LogP contribution in [0.15, 0.2) is 57.8 Å². The molecule has 0 bridgehead atoms. The van der Waals surface area contributed by atoms with Crippen LogP contribution in [0.2, 0.25) is 0 Å². The van der Waals surface area contributed by atoms with Gasteiger partial charge in [0.15, 0.2) is 6.61 Å². The van der Waals surface area contributed by atoms with Gasteiger partial charge >= 0.3 is 5.97 Å². The monoisotopic (exact) mass is 416 g/mol. The fourth-order valence-corrected chi connectivity index (χ4v) is 3.77. The van der Waals surface area contributed by atoms with E-state index in [1.807, 2.05) is 30.3 Å². The number of fused-ring (bicyclic) bond motifs is 2. The number of ether oxygens (including phenoxy) is 1. The summed E-state index contributed by atoms with van der Waals surface area (Å²) in [6.07, 6.45) is 3.83. The van der Waals surface area contributed by atoms with E-state index in [0.717, 1.165) is 37.1 Å². The SMILES string of the molecule is O=C(OCc1nc(-c2ccccc2)no1)c1ccc2c(=O)n3c(nc2c1)CCCCC3. The van der Waals surface area contributed by atoms with Gasteiger partial charge in [0.2, 0.25) is 5.82 Å². The molecular weight excluding hydrogens is 396 g/mol. The highest BCUT2D eigenvalue weighted by molar-refractivity contribution is 5.94. The van der Waals surface area contributed by atoms with Gasteiger partial charge in [0.25, 0.3) is 11.4 Å². The number of carbonyl (C=O) groups excluding carboxylic acids is 1. The summed E-state index contributed by atoms with van der Waals surface area (Å²) in [5.41, 5.74) is 1.59. The van der Waals surface area contributed by atoms with Crippen molar-refractivity contribution in [2.24, 2.45) is 0 Å². The van der Waals surface area contributed by atoms with Crippen molar-refractivity contribution in [1.82, 2.24) is 19.7 Å². The molecule has 0 radical (unpaired) electrons. The zero-order valence-corrected chi connectivity index (χ0v) is 16.8. The Balaban J connectivity index is 1.34. The van der Waals surface area contributed by atoms with Gasteiger partial charge in [0, 0.05) is 18.5 Å². The normalized spacial score (nSPS) is 13.5. The van der Waals surface area contributed by atoms with Crippen LogP contribution in [0.25, 0.3) is 22.3 Å². The van der Waals surface area contributed by atoms with Crippen LogP contribution >= 0.6 is 0 Å². The second-order valence-electron chi connectivity index (χ2n) is 7.48. The Kier molecular flexibility index (Phi) is 5.03. The summed E-state index contributed by atoms with van der Waals surface area (Å²) in [4.78, 5) is 34.3. The van der Waals surface area contributed by atoms with Crippen LogP contribution in [-0.2, 0) is 24.3 Å². The number of esters is 1. The van der Waals surface area contributed by atoms with Gasteiger partial charge in [-0.05, 0) is 31.0 Å². The number of aryl methyl sites for hydroxylation is 1. The van der Waals surface area contributed by atoms with Crippen molar-refractivity contribution < 1.29 is 14.1 Å². The summed E-state index contributed by atoms with van der Waals surface area (Å²) in [5.74, 6) is 0.871. The van der Waals surface area contributed by atoms with Crippen molar-refractivity contribution in [3.8, 4) is 11.4 Å². The van der Waals surface area contributed by atoms with Gasteiger partial charge in [-0.25, -0.2) is 9.78 Å². The van der Waals surface area contributed by atoms with E-state index in [9.17, 15) is 9.59 Å². The molecule has 31 heavy (non-hydrogen) atoms. The molecule has 5 rings (SSSR count). The Morgan fingerprint density at radius 3 is 2.81 bits per heavy atom. The molecule has 2 aromatic heterocycles. The maximum absolute atomic E-state index is 12.8. The first-order valence-electron chi connectivity index (χ1n) is 10.3. The smallest absolute Gasteiger partial charge is 0.338 e. The van der Waals surface area contributed by atoms with Crippen LogP contribution in [0.4, 0.5) is 0 Å². The fourth-order valence-electron chi connectivity index (χ4n) is 3.77. The highest BCUT2D eigenvalue weighted by Crippen LogP contribution is 2.18. The summed E-state index contributed by atoms with van der Waals surface area (Å²) in [6.45, 7) is 0.549. The van der Waals surface area contributed by atoms with Crippen molar-refractivity contribution in [3.63, 3.8) is 0 Å². The van der Waals surface area contributed by atoms with Gasteiger partial charge < -0.3 is 9.26 Å². The average molecular weight is 416 g/mol. The first kappa shape index (κ1) is 19.2. The van der Waals surface area contributed by atoms with Crippen molar-refractivity contribution >= 4 is 16.9 Å². The standard InChI is InChI=1S/C23H20N4O4/c28-22-17-11-10-16(13-18(17)24-19-9-5-2-6-12-27(19)22)23(29)30-14-20-25-21(26-31-20)15-7-3-1-4-8-15/h1,3-4,7-8,10-11,13H,2,5-6,9,12,14H2. The van der Waals surface area contributed by atoms with E-state index in [1.165, 1.54) is 0 Å². The van der Waals surface area contributed by atoms with E-state index in [-0.39, 0.29) is 18.1 Å². The lowest BCUT2D eigenvalue weighted by atomic mass is 10.1. The molecule has 0 spiro atoms. The van der Waals surface area contributed by atoms with Gasteiger partial charge in [-0.2, -0.15) is 4.98 Å². The molecule has 156 valence electrons. The molecule has 0 amide bonds. The van der Waals surface area contributed by atoms with Crippen molar-refractivity contribution in [1.29, 1.82) is 0 Å². The number of hydrogen-bond donors (Lipinski definition) is 0. The third-order valence-corrected chi connectivity index (χ3v) is 5.38. The molecule has 1 aliphatic heterocycles. The first-order valence-corrected chi connectivity index (χ1v) is 10.3. The maximum Gasteiger partial charge on any atom is 0.338 e. The third kappa shape index (κ3) is 3.84. The van der Waals surface area contributed by atoms with Crippen LogP contribution in [0.5, 0.6) is 0 Å². The highest BCUT2D eigenvalue weighted by Gasteiger charge is 2.17. The third-order valence-electron chi connectivity index (χ3n) is 5.38.